The number of aliphatic hydroxyl groups is 1. The summed E-state index contributed by atoms with van der Waals surface area (Å²) in [5.74, 6) is 0.419. The van der Waals surface area contributed by atoms with Crippen molar-refractivity contribution in [3.05, 3.63) is 0 Å². The zero-order chi connectivity index (χ0) is 11.4. The lowest BCUT2D eigenvalue weighted by atomic mass is 9.96. The average molecular weight is 214 g/mol. The fourth-order valence-corrected chi connectivity index (χ4v) is 2.04. The van der Waals surface area contributed by atoms with Crippen LogP contribution in [-0.4, -0.2) is 60.6 Å². The first-order valence-corrected chi connectivity index (χ1v) is 5.62. The Kier molecular flexibility index (Phi) is 4.54. The SMILES string of the molecule is CC(O)C(=O)N(C)CC1CCN(C)CC1. The molecule has 0 radical (unpaired) electrons. The van der Waals surface area contributed by atoms with Gasteiger partial charge in [-0.25, -0.2) is 0 Å². The molecule has 0 saturated carbocycles. The molecule has 1 atom stereocenters. The van der Waals surface area contributed by atoms with Crippen molar-refractivity contribution in [2.45, 2.75) is 25.9 Å². The summed E-state index contributed by atoms with van der Waals surface area (Å²) in [6, 6.07) is 0. The molecule has 4 nitrogen and oxygen atoms in total. The van der Waals surface area contributed by atoms with Gasteiger partial charge in [0.2, 0.25) is 0 Å². The minimum absolute atomic E-state index is 0.172. The number of amides is 1. The Balaban J connectivity index is 2.32. The molecule has 1 aliphatic heterocycles. The van der Waals surface area contributed by atoms with Crippen LogP contribution in [0.3, 0.4) is 0 Å². The van der Waals surface area contributed by atoms with Crippen molar-refractivity contribution in [3.8, 4) is 0 Å². The van der Waals surface area contributed by atoms with Gasteiger partial charge in [-0.3, -0.25) is 4.79 Å². The molecule has 1 amide bonds. The van der Waals surface area contributed by atoms with E-state index in [2.05, 4.69) is 11.9 Å². The molecular weight excluding hydrogens is 192 g/mol. The third-order valence-corrected chi connectivity index (χ3v) is 3.10. The smallest absolute Gasteiger partial charge is 0.250 e. The van der Waals surface area contributed by atoms with Crippen molar-refractivity contribution in [2.75, 3.05) is 33.7 Å². The third kappa shape index (κ3) is 3.80. The lowest BCUT2D eigenvalue weighted by Gasteiger charge is -2.32. The van der Waals surface area contributed by atoms with Gasteiger partial charge in [0.05, 0.1) is 0 Å². The molecule has 0 aromatic carbocycles. The van der Waals surface area contributed by atoms with E-state index in [1.54, 1.807) is 11.9 Å². The van der Waals surface area contributed by atoms with E-state index in [0.717, 1.165) is 32.5 Å². The predicted octanol–water partition coefficient (Wildman–Crippen LogP) is 0.167. The summed E-state index contributed by atoms with van der Waals surface area (Å²) in [4.78, 5) is 15.4. The summed E-state index contributed by atoms with van der Waals surface area (Å²) < 4.78 is 0. The number of hydrogen-bond acceptors (Lipinski definition) is 3. The lowest BCUT2D eigenvalue weighted by molar-refractivity contribution is -0.138. The molecule has 1 fully saturated rings. The Morgan fingerprint density at radius 1 is 1.53 bits per heavy atom. The highest BCUT2D eigenvalue weighted by Gasteiger charge is 2.21. The van der Waals surface area contributed by atoms with Crippen LogP contribution in [0, 0.1) is 5.92 Å². The van der Waals surface area contributed by atoms with E-state index in [1.165, 1.54) is 6.92 Å². The zero-order valence-electron chi connectivity index (χ0n) is 9.94. The average Bonchev–Trinajstić information content (AvgIpc) is 2.20. The highest BCUT2D eigenvalue weighted by Crippen LogP contribution is 2.16. The van der Waals surface area contributed by atoms with Crippen LogP contribution in [0.1, 0.15) is 19.8 Å². The van der Waals surface area contributed by atoms with Crippen LogP contribution in [0.5, 0.6) is 0 Å². The van der Waals surface area contributed by atoms with E-state index in [1.807, 2.05) is 0 Å². The van der Waals surface area contributed by atoms with Gasteiger partial charge in [-0.05, 0) is 45.8 Å². The van der Waals surface area contributed by atoms with E-state index in [4.69, 9.17) is 5.11 Å². The molecule has 0 bridgehead atoms. The topological polar surface area (TPSA) is 43.8 Å². The summed E-state index contributed by atoms with van der Waals surface area (Å²) in [7, 11) is 3.90. The van der Waals surface area contributed by atoms with Crippen molar-refractivity contribution in [1.82, 2.24) is 9.80 Å². The summed E-state index contributed by atoms with van der Waals surface area (Å²) >= 11 is 0. The molecule has 1 saturated heterocycles. The first-order chi connectivity index (χ1) is 7.00. The second-order valence-electron chi connectivity index (χ2n) is 4.64. The second-order valence-corrected chi connectivity index (χ2v) is 4.64. The van der Waals surface area contributed by atoms with Crippen molar-refractivity contribution >= 4 is 5.91 Å². The van der Waals surface area contributed by atoms with E-state index >= 15 is 0 Å². The maximum atomic E-state index is 11.4. The number of rotatable bonds is 3. The molecule has 1 heterocycles. The molecule has 1 aliphatic rings. The summed E-state index contributed by atoms with van der Waals surface area (Å²) in [5.41, 5.74) is 0. The normalized spacial score (nSPS) is 21.3. The largest absolute Gasteiger partial charge is 0.384 e. The van der Waals surface area contributed by atoms with Crippen molar-refractivity contribution in [2.24, 2.45) is 5.92 Å². The van der Waals surface area contributed by atoms with Crippen LogP contribution in [0.4, 0.5) is 0 Å². The molecule has 0 aromatic heterocycles. The molecule has 0 spiro atoms. The van der Waals surface area contributed by atoms with E-state index in [0.29, 0.717) is 5.92 Å². The van der Waals surface area contributed by atoms with Crippen LogP contribution < -0.4 is 0 Å². The zero-order valence-corrected chi connectivity index (χ0v) is 9.94. The minimum atomic E-state index is -0.874. The molecule has 4 heteroatoms. The van der Waals surface area contributed by atoms with Gasteiger partial charge >= 0.3 is 0 Å². The van der Waals surface area contributed by atoms with Crippen LogP contribution in [0.25, 0.3) is 0 Å². The van der Waals surface area contributed by atoms with Crippen molar-refractivity contribution in [1.29, 1.82) is 0 Å². The van der Waals surface area contributed by atoms with Crippen molar-refractivity contribution < 1.29 is 9.90 Å². The van der Waals surface area contributed by atoms with E-state index < -0.39 is 6.10 Å². The van der Waals surface area contributed by atoms with Crippen LogP contribution in [0.2, 0.25) is 0 Å². The van der Waals surface area contributed by atoms with Gasteiger partial charge in [-0.15, -0.1) is 0 Å². The van der Waals surface area contributed by atoms with Crippen LogP contribution in [0.15, 0.2) is 0 Å². The summed E-state index contributed by atoms with van der Waals surface area (Å²) in [6.45, 7) is 4.52. The number of likely N-dealkylation sites (tertiary alicyclic amines) is 1. The number of nitrogens with zero attached hydrogens (tertiary/aromatic N) is 2. The van der Waals surface area contributed by atoms with E-state index in [-0.39, 0.29) is 5.91 Å². The number of piperidine rings is 1. The Labute approximate surface area is 91.9 Å². The second kappa shape index (κ2) is 5.47. The number of aliphatic hydroxyl groups excluding tert-OH is 1. The Bertz CT molecular complexity index is 211. The fourth-order valence-electron chi connectivity index (χ4n) is 2.04. The Morgan fingerprint density at radius 3 is 2.53 bits per heavy atom. The first-order valence-electron chi connectivity index (χ1n) is 5.62. The van der Waals surface area contributed by atoms with Crippen molar-refractivity contribution in [3.63, 3.8) is 0 Å². The quantitative estimate of drug-likeness (QED) is 0.728. The van der Waals surface area contributed by atoms with Gasteiger partial charge in [-0.1, -0.05) is 0 Å². The van der Waals surface area contributed by atoms with Gasteiger partial charge in [0.1, 0.15) is 6.10 Å². The number of hydrogen-bond donors (Lipinski definition) is 1. The monoisotopic (exact) mass is 214 g/mol. The van der Waals surface area contributed by atoms with E-state index in [9.17, 15) is 4.79 Å². The predicted molar refractivity (Wildman–Crippen MR) is 59.5 cm³/mol. The highest BCUT2D eigenvalue weighted by molar-refractivity contribution is 5.79. The summed E-state index contributed by atoms with van der Waals surface area (Å²) in [5, 5.41) is 9.16. The standard InChI is InChI=1S/C11H22N2O2/c1-9(14)11(15)13(3)8-10-4-6-12(2)7-5-10/h9-10,14H,4-8H2,1-3H3. The van der Waals surface area contributed by atoms with Crippen LogP contribution in [-0.2, 0) is 4.79 Å². The fraction of sp³-hybridized carbons (Fsp3) is 0.909. The molecule has 1 unspecified atom stereocenters. The molecule has 1 rings (SSSR count). The van der Waals surface area contributed by atoms with Gasteiger partial charge in [-0.2, -0.15) is 0 Å². The van der Waals surface area contributed by atoms with Gasteiger partial charge in [0.15, 0.2) is 0 Å². The molecular formula is C11H22N2O2. The maximum absolute atomic E-state index is 11.4. The third-order valence-electron chi connectivity index (χ3n) is 3.10. The molecule has 0 aliphatic carbocycles. The molecule has 1 N–H and O–H groups in total. The number of carbonyl (C=O) groups is 1. The maximum Gasteiger partial charge on any atom is 0.250 e. The van der Waals surface area contributed by atoms with Crippen LogP contribution >= 0.6 is 0 Å². The molecule has 15 heavy (non-hydrogen) atoms. The minimum Gasteiger partial charge on any atom is -0.384 e. The highest BCUT2D eigenvalue weighted by atomic mass is 16.3. The number of carbonyl (C=O) groups excluding carboxylic acids is 1. The molecule has 0 aromatic rings. The lowest BCUT2D eigenvalue weighted by Crippen LogP contribution is -2.41. The first kappa shape index (κ1) is 12.5. The Morgan fingerprint density at radius 2 is 2.07 bits per heavy atom. The Hall–Kier alpha value is -0.610. The van der Waals surface area contributed by atoms with Gasteiger partial charge in [0.25, 0.3) is 5.91 Å². The van der Waals surface area contributed by atoms with Gasteiger partial charge in [0, 0.05) is 13.6 Å². The number of likely N-dealkylation sites (N-methyl/N-ethyl adjacent to an activating group) is 1. The summed E-state index contributed by atoms with van der Waals surface area (Å²) in [6.07, 6.45) is 1.42. The molecule has 88 valence electrons. The van der Waals surface area contributed by atoms with Gasteiger partial charge < -0.3 is 14.9 Å².